The number of amides is 1. The van der Waals surface area contributed by atoms with Gasteiger partial charge in [-0.15, -0.1) is 11.3 Å². The van der Waals surface area contributed by atoms with Crippen LogP contribution in [0.4, 0.5) is 16.6 Å². The van der Waals surface area contributed by atoms with Crippen molar-refractivity contribution in [2.75, 3.05) is 36.8 Å². The number of piperazine rings is 1. The Balaban J connectivity index is 1.72. The maximum absolute atomic E-state index is 11.1. The van der Waals surface area contributed by atoms with Gasteiger partial charge >= 0.3 is 6.09 Å². The number of nitrogens with zero attached hydrogens (tertiary/aromatic N) is 4. The first kappa shape index (κ1) is 14.5. The summed E-state index contributed by atoms with van der Waals surface area (Å²) >= 11 is 1.78. The molecule has 4 rings (SSSR count). The zero-order valence-corrected chi connectivity index (χ0v) is 13.6. The standard InChI is InChI=1S/C15H19N5O2S/c16-14-17-11-9-3-1-2-4-10(9)23-12(11)13(18-14)19-5-7-20(8-6-19)15(21)22/h1-8H2,(H,21,22)(H2,16,17,18). The maximum Gasteiger partial charge on any atom is 0.407 e. The van der Waals surface area contributed by atoms with Crippen LogP contribution in [0.2, 0.25) is 0 Å². The van der Waals surface area contributed by atoms with Gasteiger partial charge in [0.15, 0.2) is 5.82 Å². The molecule has 2 aromatic rings. The second-order valence-electron chi connectivity index (χ2n) is 6.05. The Morgan fingerprint density at radius 2 is 1.87 bits per heavy atom. The number of rotatable bonds is 1. The summed E-state index contributed by atoms with van der Waals surface area (Å²) in [5, 5.41) is 9.09. The number of carbonyl (C=O) groups is 1. The van der Waals surface area contributed by atoms with Crippen molar-refractivity contribution < 1.29 is 9.90 Å². The number of nitrogen functional groups attached to an aromatic ring is 1. The largest absolute Gasteiger partial charge is 0.465 e. The second-order valence-corrected chi connectivity index (χ2v) is 7.16. The van der Waals surface area contributed by atoms with E-state index in [2.05, 4.69) is 14.9 Å². The Hall–Kier alpha value is -2.09. The molecular formula is C15H19N5O2S. The van der Waals surface area contributed by atoms with Crippen LogP contribution >= 0.6 is 11.3 Å². The number of nitrogens with two attached hydrogens (primary N) is 1. The van der Waals surface area contributed by atoms with E-state index in [1.54, 1.807) is 11.3 Å². The Morgan fingerprint density at radius 3 is 2.61 bits per heavy atom. The van der Waals surface area contributed by atoms with Crippen LogP contribution in [0.5, 0.6) is 0 Å². The summed E-state index contributed by atoms with van der Waals surface area (Å²) in [7, 11) is 0. The van der Waals surface area contributed by atoms with E-state index >= 15 is 0 Å². The van der Waals surface area contributed by atoms with Crippen molar-refractivity contribution in [2.24, 2.45) is 0 Å². The van der Waals surface area contributed by atoms with Crippen molar-refractivity contribution in [1.82, 2.24) is 14.9 Å². The first-order valence-corrected chi connectivity index (χ1v) is 8.75. The average Bonchev–Trinajstić information content (AvgIpc) is 2.93. The van der Waals surface area contributed by atoms with Crippen molar-refractivity contribution in [3.8, 4) is 0 Å². The third-order valence-electron chi connectivity index (χ3n) is 4.64. The van der Waals surface area contributed by atoms with E-state index in [1.165, 1.54) is 28.2 Å². The number of thiophene rings is 1. The molecule has 122 valence electrons. The van der Waals surface area contributed by atoms with Crippen LogP contribution in [-0.4, -0.2) is 52.2 Å². The van der Waals surface area contributed by atoms with Crippen molar-refractivity contribution in [3.63, 3.8) is 0 Å². The SMILES string of the molecule is Nc1nc(N2CCN(C(=O)O)CC2)c2sc3c(c2n1)CCCC3. The van der Waals surface area contributed by atoms with Crippen LogP contribution in [0, 0.1) is 0 Å². The topological polar surface area (TPSA) is 95.6 Å². The van der Waals surface area contributed by atoms with Crippen LogP contribution in [0.3, 0.4) is 0 Å². The molecule has 8 heteroatoms. The van der Waals surface area contributed by atoms with Gasteiger partial charge in [-0.05, 0) is 31.2 Å². The number of hydrogen-bond acceptors (Lipinski definition) is 6. The minimum atomic E-state index is -0.858. The lowest BCUT2D eigenvalue weighted by atomic mass is 9.98. The van der Waals surface area contributed by atoms with Gasteiger partial charge in [0.1, 0.15) is 0 Å². The number of anilines is 2. The molecule has 0 aromatic carbocycles. The zero-order chi connectivity index (χ0) is 16.0. The molecule has 7 nitrogen and oxygen atoms in total. The molecule has 0 atom stereocenters. The van der Waals surface area contributed by atoms with Gasteiger partial charge in [-0.25, -0.2) is 9.78 Å². The van der Waals surface area contributed by atoms with Crippen LogP contribution in [0.1, 0.15) is 23.3 Å². The molecule has 23 heavy (non-hydrogen) atoms. The number of aryl methyl sites for hydroxylation is 2. The van der Waals surface area contributed by atoms with Gasteiger partial charge in [-0.2, -0.15) is 4.98 Å². The molecule has 1 saturated heterocycles. The molecule has 2 aromatic heterocycles. The highest BCUT2D eigenvalue weighted by Gasteiger charge is 2.26. The first-order chi connectivity index (χ1) is 11.1. The monoisotopic (exact) mass is 333 g/mol. The van der Waals surface area contributed by atoms with E-state index in [-0.39, 0.29) is 0 Å². The highest BCUT2D eigenvalue weighted by Crippen LogP contribution is 2.39. The summed E-state index contributed by atoms with van der Waals surface area (Å²) in [4.78, 5) is 25.0. The molecule has 0 saturated carbocycles. The van der Waals surface area contributed by atoms with Gasteiger partial charge in [0, 0.05) is 31.1 Å². The molecule has 0 spiro atoms. The van der Waals surface area contributed by atoms with Crippen LogP contribution < -0.4 is 10.6 Å². The van der Waals surface area contributed by atoms with Gasteiger partial charge < -0.3 is 20.6 Å². The first-order valence-electron chi connectivity index (χ1n) is 7.94. The molecule has 1 amide bonds. The van der Waals surface area contributed by atoms with Crippen molar-refractivity contribution in [3.05, 3.63) is 10.4 Å². The predicted octanol–water partition coefficient (Wildman–Crippen LogP) is 1.95. The minimum Gasteiger partial charge on any atom is -0.465 e. The summed E-state index contributed by atoms with van der Waals surface area (Å²) in [6, 6.07) is 0. The Kier molecular flexibility index (Phi) is 3.48. The van der Waals surface area contributed by atoms with Crippen molar-refractivity contribution in [1.29, 1.82) is 0 Å². The van der Waals surface area contributed by atoms with Gasteiger partial charge in [-0.1, -0.05) is 0 Å². The number of aromatic nitrogens is 2. The van der Waals surface area contributed by atoms with Crippen molar-refractivity contribution >= 4 is 39.4 Å². The minimum absolute atomic E-state index is 0.305. The summed E-state index contributed by atoms with van der Waals surface area (Å²) in [5.74, 6) is 1.18. The van der Waals surface area contributed by atoms with E-state index in [4.69, 9.17) is 10.8 Å². The van der Waals surface area contributed by atoms with Gasteiger partial charge in [0.25, 0.3) is 0 Å². The normalized spacial score (nSPS) is 18.3. The van der Waals surface area contributed by atoms with E-state index in [0.29, 0.717) is 32.1 Å². The number of fused-ring (bicyclic) bond motifs is 3. The molecule has 3 N–H and O–H groups in total. The third kappa shape index (κ3) is 2.46. The third-order valence-corrected chi connectivity index (χ3v) is 5.92. The molecular weight excluding hydrogens is 314 g/mol. The molecule has 0 unspecified atom stereocenters. The van der Waals surface area contributed by atoms with Crippen LogP contribution in [-0.2, 0) is 12.8 Å². The van der Waals surface area contributed by atoms with Gasteiger partial charge in [-0.3, -0.25) is 0 Å². The number of carboxylic acid groups (broad SMARTS) is 1. The smallest absolute Gasteiger partial charge is 0.407 e. The Bertz CT molecular complexity index is 767. The molecule has 0 radical (unpaired) electrons. The van der Waals surface area contributed by atoms with Crippen LogP contribution in [0.25, 0.3) is 10.2 Å². The van der Waals surface area contributed by atoms with E-state index in [1.807, 2.05) is 0 Å². The molecule has 1 fully saturated rings. The summed E-state index contributed by atoms with van der Waals surface area (Å²) in [6.07, 6.45) is 3.76. The highest BCUT2D eigenvalue weighted by atomic mass is 32.1. The quantitative estimate of drug-likeness (QED) is 0.828. The second kappa shape index (κ2) is 5.52. The average molecular weight is 333 g/mol. The summed E-state index contributed by atoms with van der Waals surface area (Å²) in [5.41, 5.74) is 8.30. The highest BCUT2D eigenvalue weighted by molar-refractivity contribution is 7.19. The molecule has 2 aliphatic rings. The lowest BCUT2D eigenvalue weighted by Gasteiger charge is -2.34. The molecule has 0 bridgehead atoms. The molecule has 1 aliphatic heterocycles. The zero-order valence-electron chi connectivity index (χ0n) is 12.8. The lowest BCUT2D eigenvalue weighted by Crippen LogP contribution is -2.48. The fourth-order valence-corrected chi connectivity index (χ4v) is 4.79. The Morgan fingerprint density at radius 1 is 1.13 bits per heavy atom. The van der Waals surface area contributed by atoms with Crippen LogP contribution in [0.15, 0.2) is 0 Å². The van der Waals surface area contributed by atoms with Gasteiger partial charge in [0.05, 0.1) is 10.2 Å². The van der Waals surface area contributed by atoms with Crippen molar-refractivity contribution in [2.45, 2.75) is 25.7 Å². The fourth-order valence-electron chi connectivity index (χ4n) is 3.44. The predicted molar refractivity (Wildman–Crippen MR) is 90.3 cm³/mol. The fraction of sp³-hybridized carbons (Fsp3) is 0.533. The number of hydrogen-bond donors (Lipinski definition) is 2. The Labute approximate surface area is 137 Å². The summed E-state index contributed by atoms with van der Waals surface area (Å²) in [6.45, 7) is 2.26. The molecule has 3 heterocycles. The molecule has 1 aliphatic carbocycles. The van der Waals surface area contributed by atoms with E-state index in [0.717, 1.165) is 28.9 Å². The van der Waals surface area contributed by atoms with Gasteiger partial charge in [0.2, 0.25) is 5.95 Å². The van der Waals surface area contributed by atoms with E-state index in [9.17, 15) is 4.79 Å². The lowest BCUT2D eigenvalue weighted by molar-refractivity contribution is 0.142. The van der Waals surface area contributed by atoms with E-state index < -0.39 is 6.09 Å². The summed E-state index contributed by atoms with van der Waals surface area (Å²) < 4.78 is 1.11. The maximum atomic E-state index is 11.1.